The van der Waals surface area contributed by atoms with Crippen LogP contribution in [0.2, 0.25) is 0 Å². The van der Waals surface area contributed by atoms with E-state index in [1.54, 1.807) is 0 Å². The van der Waals surface area contributed by atoms with Crippen LogP contribution in [0.5, 0.6) is 0 Å². The maximum atomic E-state index is 12.1. The molecule has 24 heavy (non-hydrogen) atoms. The fraction of sp³-hybridized carbons (Fsp3) is 0.650. The van der Waals surface area contributed by atoms with E-state index in [-0.39, 0.29) is 11.6 Å². The lowest BCUT2D eigenvalue weighted by atomic mass is 9.94. The van der Waals surface area contributed by atoms with Crippen LogP contribution in [-0.4, -0.2) is 35.2 Å². The van der Waals surface area contributed by atoms with Crippen LogP contribution in [0.25, 0.3) is 0 Å². The normalized spacial score (nSPS) is 26.8. The Morgan fingerprint density at radius 2 is 1.71 bits per heavy atom. The zero-order valence-electron chi connectivity index (χ0n) is 15.5. The second-order valence-electron chi connectivity index (χ2n) is 8.88. The highest BCUT2D eigenvalue weighted by Crippen LogP contribution is 2.57. The van der Waals surface area contributed by atoms with Crippen molar-refractivity contribution in [1.29, 1.82) is 0 Å². The van der Waals surface area contributed by atoms with Crippen LogP contribution >= 0.6 is 0 Å². The molecule has 1 aliphatic heterocycles. The van der Waals surface area contributed by atoms with Gasteiger partial charge < -0.3 is 10.1 Å². The van der Waals surface area contributed by atoms with Crippen molar-refractivity contribution >= 4 is 6.09 Å². The third kappa shape index (κ3) is 3.92. The Bertz CT molecular complexity index is 579. The molecule has 0 radical (unpaired) electrons. The van der Waals surface area contributed by atoms with Crippen molar-refractivity contribution in [2.24, 2.45) is 17.8 Å². The first-order valence-corrected chi connectivity index (χ1v) is 8.93. The van der Waals surface area contributed by atoms with Gasteiger partial charge in [0.15, 0.2) is 0 Å². The molecule has 4 heteroatoms. The number of fused-ring (bicyclic) bond motifs is 1. The molecule has 2 fully saturated rings. The highest BCUT2D eigenvalue weighted by molar-refractivity contribution is 5.68. The maximum Gasteiger partial charge on any atom is 0.408 e. The predicted octanol–water partition coefficient (Wildman–Crippen LogP) is 3.67. The van der Waals surface area contributed by atoms with Crippen molar-refractivity contribution in [3.05, 3.63) is 35.9 Å². The van der Waals surface area contributed by atoms with Gasteiger partial charge in [-0.1, -0.05) is 30.3 Å². The minimum Gasteiger partial charge on any atom is -0.444 e. The van der Waals surface area contributed by atoms with Crippen LogP contribution < -0.4 is 5.32 Å². The van der Waals surface area contributed by atoms with Gasteiger partial charge in [0.25, 0.3) is 0 Å². The summed E-state index contributed by atoms with van der Waals surface area (Å²) in [5.74, 6) is 1.94. The summed E-state index contributed by atoms with van der Waals surface area (Å²) in [5.41, 5.74) is 0.712. The van der Waals surface area contributed by atoms with E-state index in [0.29, 0.717) is 17.8 Å². The Hall–Kier alpha value is -1.55. The van der Waals surface area contributed by atoms with E-state index in [4.69, 9.17) is 4.74 Å². The first-order valence-electron chi connectivity index (χ1n) is 8.93. The number of likely N-dealkylation sites (tertiary alicyclic amines) is 1. The molecule has 3 atom stereocenters. The lowest BCUT2D eigenvalue weighted by Gasteiger charge is -2.31. The molecule has 1 saturated carbocycles. The molecule has 3 rings (SSSR count). The molecule has 132 valence electrons. The fourth-order valence-electron chi connectivity index (χ4n) is 4.30. The summed E-state index contributed by atoms with van der Waals surface area (Å²) in [4.78, 5) is 14.6. The molecule has 4 nitrogen and oxygen atoms in total. The monoisotopic (exact) mass is 330 g/mol. The summed E-state index contributed by atoms with van der Waals surface area (Å²) in [6.07, 6.45) is -0.307. The van der Waals surface area contributed by atoms with Gasteiger partial charge in [0.1, 0.15) is 5.60 Å². The number of hydrogen-bond acceptors (Lipinski definition) is 3. The molecule has 1 aromatic rings. The average molecular weight is 330 g/mol. The lowest BCUT2D eigenvalue weighted by Crippen LogP contribution is -2.49. The Morgan fingerprint density at radius 1 is 1.12 bits per heavy atom. The first-order chi connectivity index (χ1) is 11.2. The molecular weight excluding hydrogens is 300 g/mol. The number of carbonyl (C=O) groups is 1. The minimum atomic E-state index is -0.452. The van der Waals surface area contributed by atoms with Crippen molar-refractivity contribution in [3.8, 4) is 0 Å². The number of nitrogens with one attached hydrogen (secondary N) is 1. The summed E-state index contributed by atoms with van der Waals surface area (Å²) >= 11 is 0. The van der Waals surface area contributed by atoms with Gasteiger partial charge in [0, 0.05) is 25.2 Å². The number of nitrogens with zero attached hydrogens (tertiary/aromatic N) is 1. The number of carbonyl (C=O) groups excluding carboxylic acids is 1. The van der Waals surface area contributed by atoms with Crippen LogP contribution in [0, 0.1) is 17.8 Å². The number of ether oxygens (including phenoxy) is 1. The third-order valence-corrected chi connectivity index (χ3v) is 5.18. The number of amides is 1. The van der Waals surface area contributed by atoms with E-state index in [1.807, 2.05) is 20.8 Å². The second-order valence-corrected chi connectivity index (χ2v) is 8.88. The minimum absolute atomic E-state index is 0.212. The average Bonchev–Trinajstić information content (AvgIpc) is 2.97. The number of hydrogen-bond donors (Lipinski definition) is 1. The first kappa shape index (κ1) is 17.3. The van der Waals surface area contributed by atoms with Crippen LogP contribution in [0.3, 0.4) is 0 Å². The van der Waals surface area contributed by atoms with Crippen LogP contribution in [0.4, 0.5) is 4.79 Å². The number of piperidine rings is 1. The summed E-state index contributed by atoms with van der Waals surface area (Å²) < 4.78 is 5.41. The highest BCUT2D eigenvalue weighted by Gasteiger charge is 2.61. The summed E-state index contributed by atoms with van der Waals surface area (Å²) in [5, 5.41) is 3.09. The van der Waals surface area contributed by atoms with E-state index < -0.39 is 5.60 Å². The van der Waals surface area contributed by atoms with E-state index in [1.165, 1.54) is 5.56 Å². The number of alkyl carbamates (subject to hydrolysis) is 1. The fourth-order valence-corrected chi connectivity index (χ4v) is 4.30. The van der Waals surface area contributed by atoms with Crippen LogP contribution in [0.15, 0.2) is 30.3 Å². The summed E-state index contributed by atoms with van der Waals surface area (Å²) in [6, 6.07) is 10.6. The zero-order chi connectivity index (χ0) is 17.5. The maximum absolute atomic E-state index is 12.1. The third-order valence-electron chi connectivity index (χ3n) is 5.18. The van der Waals surface area contributed by atoms with Crippen molar-refractivity contribution < 1.29 is 9.53 Å². The van der Waals surface area contributed by atoms with Gasteiger partial charge in [-0.25, -0.2) is 4.79 Å². The highest BCUT2D eigenvalue weighted by atomic mass is 16.6. The van der Waals surface area contributed by atoms with Crippen molar-refractivity contribution in [1.82, 2.24) is 10.2 Å². The van der Waals surface area contributed by atoms with Gasteiger partial charge in [0.05, 0.1) is 0 Å². The molecule has 1 saturated heterocycles. The summed E-state index contributed by atoms with van der Waals surface area (Å²) in [7, 11) is 0. The molecule has 1 aromatic carbocycles. The topological polar surface area (TPSA) is 41.6 Å². The Labute approximate surface area is 145 Å². The summed E-state index contributed by atoms with van der Waals surface area (Å²) in [6.45, 7) is 13.2. The molecule has 0 spiro atoms. The molecule has 1 N–H and O–H groups in total. The van der Waals surface area contributed by atoms with E-state index in [0.717, 1.165) is 19.6 Å². The van der Waals surface area contributed by atoms with Crippen molar-refractivity contribution in [3.63, 3.8) is 0 Å². The largest absolute Gasteiger partial charge is 0.444 e. The standard InChI is InChI=1S/C20H30N2O2/c1-19(2,3)24-18(23)21-20(4,5)17-15-12-22(13-16(15)17)11-14-9-7-6-8-10-14/h6-10,15-17H,11-13H2,1-5H3,(H,21,23)/t15-,16?,17?/m0/s1. The molecule has 1 amide bonds. The van der Waals surface area contributed by atoms with Crippen LogP contribution in [-0.2, 0) is 11.3 Å². The number of rotatable bonds is 4. The predicted molar refractivity (Wildman–Crippen MR) is 95.6 cm³/mol. The van der Waals surface area contributed by atoms with Gasteiger partial charge in [-0.2, -0.15) is 0 Å². The van der Waals surface area contributed by atoms with Crippen molar-refractivity contribution in [2.45, 2.75) is 52.3 Å². The second kappa shape index (κ2) is 6.07. The smallest absolute Gasteiger partial charge is 0.408 e. The van der Waals surface area contributed by atoms with Gasteiger partial charge in [-0.15, -0.1) is 0 Å². The zero-order valence-corrected chi connectivity index (χ0v) is 15.5. The lowest BCUT2D eigenvalue weighted by molar-refractivity contribution is 0.0449. The molecule has 2 aliphatic rings. The molecule has 0 aromatic heterocycles. The molecule has 0 bridgehead atoms. The molecule has 1 aliphatic carbocycles. The quantitative estimate of drug-likeness (QED) is 0.916. The van der Waals surface area contributed by atoms with E-state index >= 15 is 0 Å². The van der Waals surface area contributed by atoms with E-state index in [2.05, 4.69) is 54.4 Å². The SMILES string of the molecule is CC(C)(C)OC(=O)NC(C)(C)C1C2CN(Cc3ccccc3)C[C@@H]21. The molecular formula is C20H30N2O2. The van der Waals surface area contributed by atoms with Crippen LogP contribution in [0.1, 0.15) is 40.2 Å². The van der Waals surface area contributed by atoms with Gasteiger partial charge in [-0.05, 0) is 57.9 Å². The Morgan fingerprint density at radius 3 is 2.25 bits per heavy atom. The van der Waals surface area contributed by atoms with Gasteiger partial charge in [0.2, 0.25) is 0 Å². The molecule has 1 heterocycles. The number of benzene rings is 1. The Balaban J connectivity index is 1.50. The Kier molecular flexibility index (Phi) is 4.37. The molecule has 2 unspecified atom stereocenters. The van der Waals surface area contributed by atoms with Gasteiger partial charge >= 0.3 is 6.09 Å². The van der Waals surface area contributed by atoms with E-state index in [9.17, 15) is 4.79 Å². The van der Waals surface area contributed by atoms with Gasteiger partial charge in [-0.3, -0.25) is 4.90 Å². The van der Waals surface area contributed by atoms with Crippen molar-refractivity contribution in [2.75, 3.05) is 13.1 Å².